The van der Waals surface area contributed by atoms with Gasteiger partial charge in [-0.1, -0.05) is 0 Å². The van der Waals surface area contributed by atoms with Crippen LogP contribution < -0.4 is 5.32 Å². The standard InChI is InChI=1S/C15H15N3O3/c1-9-8-10(2)16-11(3)14(9)17-15(19)12-4-6-13(7-5-12)18(20)21/h4-8H,1-3H3,(H,17,19). The van der Waals surface area contributed by atoms with Crippen molar-refractivity contribution in [2.24, 2.45) is 0 Å². The third-order valence-electron chi connectivity index (χ3n) is 3.10. The predicted molar refractivity (Wildman–Crippen MR) is 79.5 cm³/mol. The maximum atomic E-state index is 12.2. The molecule has 0 fully saturated rings. The van der Waals surface area contributed by atoms with E-state index in [1.54, 1.807) is 0 Å². The first kappa shape index (κ1) is 14.6. The van der Waals surface area contributed by atoms with E-state index in [0.29, 0.717) is 11.3 Å². The Bertz CT molecular complexity index is 686. The molecule has 0 radical (unpaired) electrons. The van der Waals surface area contributed by atoms with Gasteiger partial charge >= 0.3 is 0 Å². The second kappa shape index (κ2) is 5.70. The van der Waals surface area contributed by atoms with Crippen LogP contribution in [0.5, 0.6) is 0 Å². The highest BCUT2D eigenvalue weighted by molar-refractivity contribution is 6.05. The summed E-state index contributed by atoms with van der Waals surface area (Å²) in [4.78, 5) is 26.6. The lowest BCUT2D eigenvalue weighted by Gasteiger charge is -2.12. The molecule has 0 spiro atoms. The molecule has 1 amide bonds. The largest absolute Gasteiger partial charge is 0.320 e. The van der Waals surface area contributed by atoms with Gasteiger partial charge in [-0.3, -0.25) is 19.9 Å². The lowest BCUT2D eigenvalue weighted by molar-refractivity contribution is -0.384. The summed E-state index contributed by atoms with van der Waals surface area (Å²) in [5.74, 6) is -0.318. The fraction of sp³-hybridized carbons (Fsp3) is 0.200. The van der Waals surface area contributed by atoms with Gasteiger partial charge in [-0.2, -0.15) is 0 Å². The van der Waals surface area contributed by atoms with Gasteiger partial charge < -0.3 is 5.32 Å². The van der Waals surface area contributed by atoms with E-state index in [0.717, 1.165) is 17.0 Å². The third kappa shape index (κ3) is 3.22. The van der Waals surface area contributed by atoms with E-state index in [-0.39, 0.29) is 11.6 Å². The van der Waals surface area contributed by atoms with E-state index in [2.05, 4.69) is 10.3 Å². The van der Waals surface area contributed by atoms with Crippen molar-refractivity contribution in [1.82, 2.24) is 4.98 Å². The van der Waals surface area contributed by atoms with E-state index in [1.807, 2.05) is 26.8 Å². The van der Waals surface area contributed by atoms with Gasteiger partial charge in [0.05, 0.1) is 16.3 Å². The minimum absolute atomic E-state index is 0.0455. The Hall–Kier alpha value is -2.76. The molecule has 2 aromatic rings. The zero-order valence-corrected chi connectivity index (χ0v) is 12.0. The highest BCUT2D eigenvalue weighted by Gasteiger charge is 2.12. The number of nitrogens with zero attached hydrogens (tertiary/aromatic N) is 2. The first-order chi connectivity index (χ1) is 9.88. The van der Waals surface area contributed by atoms with Gasteiger partial charge in [0.2, 0.25) is 0 Å². The number of benzene rings is 1. The monoisotopic (exact) mass is 285 g/mol. The minimum atomic E-state index is -0.500. The summed E-state index contributed by atoms with van der Waals surface area (Å²) in [6, 6.07) is 7.36. The average molecular weight is 285 g/mol. The molecule has 0 bridgehead atoms. The van der Waals surface area contributed by atoms with Crippen molar-refractivity contribution >= 4 is 17.3 Å². The highest BCUT2D eigenvalue weighted by Crippen LogP contribution is 2.20. The van der Waals surface area contributed by atoms with Gasteiger partial charge in [-0.05, 0) is 44.5 Å². The van der Waals surface area contributed by atoms with Crippen molar-refractivity contribution in [3.05, 3.63) is 63.0 Å². The first-order valence-electron chi connectivity index (χ1n) is 6.39. The number of anilines is 1. The molecule has 0 aliphatic carbocycles. The molecule has 1 aromatic carbocycles. The summed E-state index contributed by atoms with van der Waals surface area (Å²) in [7, 11) is 0. The molecule has 1 aromatic heterocycles. The molecule has 0 saturated heterocycles. The van der Waals surface area contributed by atoms with Crippen LogP contribution in [0.1, 0.15) is 27.3 Å². The molecule has 1 N–H and O–H groups in total. The van der Waals surface area contributed by atoms with Crippen LogP contribution >= 0.6 is 0 Å². The van der Waals surface area contributed by atoms with Crippen molar-refractivity contribution in [3.8, 4) is 0 Å². The normalized spacial score (nSPS) is 10.2. The minimum Gasteiger partial charge on any atom is -0.320 e. The highest BCUT2D eigenvalue weighted by atomic mass is 16.6. The Morgan fingerprint density at radius 3 is 2.33 bits per heavy atom. The van der Waals surface area contributed by atoms with Crippen molar-refractivity contribution in [1.29, 1.82) is 0 Å². The number of rotatable bonds is 3. The van der Waals surface area contributed by atoms with Crippen LogP contribution in [0, 0.1) is 30.9 Å². The van der Waals surface area contributed by atoms with Crippen LogP contribution in [-0.2, 0) is 0 Å². The summed E-state index contributed by atoms with van der Waals surface area (Å²) < 4.78 is 0. The van der Waals surface area contributed by atoms with Crippen LogP contribution in [0.2, 0.25) is 0 Å². The average Bonchev–Trinajstić information content (AvgIpc) is 2.42. The molecular formula is C15H15N3O3. The van der Waals surface area contributed by atoms with Crippen molar-refractivity contribution in [3.63, 3.8) is 0 Å². The topological polar surface area (TPSA) is 85.1 Å². The summed E-state index contributed by atoms with van der Waals surface area (Å²) in [5, 5.41) is 13.4. The summed E-state index contributed by atoms with van der Waals surface area (Å²) in [6.07, 6.45) is 0. The fourth-order valence-corrected chi connectivity index (χ4v) is 2.13. The molecule has 21 heavy (non-hydrogen) atoms. The Morgan fingerprint density at radius 1 is 1.19 bits per heavy atom. The number of non-ortho nitro benzene ring substituents is 1. The third-order valence-corrected chi connectivity index (χ3v) is 3.10. The lowest BCUT2D eigenvalue weighted by Crippen LogP contribution is -2.14. The van der Waals surface area contributed by atoms with Crippen LogP contribution in [0.15, 0.2) is 30.3 Å². The van der Waals surface area contributed by atoms with Gasteiger partial charge in [0.1, 0.15) is 0 Å². The summed E-state index contributed by atoms with van der Waals surface area (Å²) in [6.45, 7) is 5.61. The molecule has 6 nitrogen and oxygen atoms in total. The van der Waals surface area contributed by atoms with Gasteiger partial charge in [-0.15, -0.1) is 0 Å². The molecule has 2 rings (SSSR count). The Morgan fingerprint density at radius 2 is 1.81 bits per heavy atom. The molecule has 0 saturated carbocycles. The quantitative estimate of drug-likeness (QED) is 0.693. The predicted octanol–water partition coefficient (Wildman–Crippen LogP) is 3.17. The summed E-state index contributed by atoms with van der Waals surface area (Å²) >= 11 is 0. The van der Waals surface area contributed by atoms with Crippen LogP contribution in [-0.4, -0.2) is 15.8 Å². The molecule has 0 aliphatic heterocycles. The first-order valence-corrected chi connectivity index (χ1v) is 6.39. The number of nitrogens with one attached hydrogen (secondary N) is 1. The van der Waals surface area contributed by atoms with Crippen LogP contribution in [0.3, 0.4) is 0 Å². The Labute approximate surface area is 122 Å². The second-order valence-electron chi connectivity index (χ2n) is 4.80. The van der Waals surface area contributed by atoms with E-state index in [1.165, 1.54) is 24.3 Å². The van der Waals surface area contributed by atoms with Crippen LogP contribution in [0.25, 0.3) is 0 Å². The molecule has 1 heterocycles. The number of carbonyl (C=O) groups excluding carboxylic acids is 1. The maximum Gasteiger partial charge on any atom is 0.269 e. The number of hydrogen-bond acceptors (Lipinski definition) is 4. The number of hydrogen-bond donors (Lipinski definition) is 1. The van der Waals surface area contributed by atoms with E-state index in [4.69, 9.17) is 0 Å². The van der Waals surface area contributed by atoms with Gasteiger partial charge in [0.25, 0.3) is 11.6 Å². The zero-order chi connectivity index (χ0) is 15.6. The lowest BCUT2D eigenvalue weighted by atomic mass is 10.1. The molecule has 6 heteroatoms. The number of nitro benzene ring substituents is 1. The molecule has 108 valence electrons. The van der Waals surface area contributed by atoms with Crippen LogP contribution in [0.4, 0.5) is 11.4 Å². The van der Waals surface area contributed by atoms with Crippen molar-refractivity contribution in [2.45, 2.75) is 20.8 Å². The van der Waals surface area contributed by atoms with Gasteiger partial charge in [-0.25, -0.2) is 0 Å². The van der Waals surface area contributed by atoms with E-state index < -0.39 is 4.92 Å². The molecule has 0 aliphatic rings. The number of pyridine rings is 1. The molecule has 0 atom stereocenters. The fourth-order valence-electron chi connectivity index (χ4n) is 2.13. The summed E-state index contributed by atoms with van der Waals surface area (Å²) in [5.41, 5.74) is 3.54. The van der Waals surface area contributed by atoms with Crippen molar-refractivity contribution in [2.75, 3.05) is 5.32 Å². The zero-order valence-electron chi connectivity index (χ0n) is 12.0. The smallest absolute Gasteiger partial charge is 0.269 e. The number of carbonyl (C=O) groups is 1. The number of nitro groups is 1. The van der Waals surface area contributed by atoms with Gasteiger partial charge in [0.15, 0.2) is 0 Å². The number of amides is 1. The molecular weight excluding hydrogens is 270 g/mol. The second-order valence-corrected chi connectivity index (χ2v) is 4.80. The van der Waals surface area contributed by atoms with Crippen molar-refractivity contribution < 1.29 is 9.72 Å². The van der Waals surface area contributed by atoms with E-state index >= 15 is 0 Å². The van der Waals surface area contributed by atoms with E-state index in [9.17, 15) is 14.9 Å². The number of aromatic nitrogens is 1. The Kier molecular flexibility index (Phi) is 3.98. The number of aryl methyl sites for hydroxylation is 3. The maximum absolute atomic E-state index is 12.2. The Balaban J connectivity index is 2.24. The molecule has 0 unspecified atom stereocenters. The van der Waals surface area contributed by atoms with Gasteiger partial charge in [0, 0.05) is 23.4 Å². The SMILES string of the molecule is Cc1cc(C)c(NC(=O)c2ccc([N+](=O)[O-])cc2)c(C)n1.